The number of ether oxygens (including phenoxy) is 2. The van der Waals surface area contributed by atoms with Crippen LogP contribution in [0, 0.1) is 0 Å². The van der Waals surface area contributed by atoms with Crippen LogP contribution in [0.2, 0.25) is 0 Å². The van der Waals surface area contributed by atoms with Crippen LogP contribution >= 0.6 is 0 Å². The first-order valence-electron chi connectivity index (χ1n) is 6.14. The summed E-state index contributed by atoms with van der Waals surface area (Å²) in [7, 11) is 0. The summed E-state index contributed by atoms with van der Waals surface area (Å²) in [5.41, 5.74) is 0. The molecule has 2 fully saturated rings. The molecule has 3 nitrogen and oxygen atoms in total. The number of hydrogen-bond donors (Lipinski definition) is 0. The highest BCUT2D eigenvalue weighted by atomic mass is 16.6. The van der Waals surface area contributed by atoms with Gasteiger partial charge in [0.25, 0.3) is 0 Å². The maximum atomic E-state index is 11.0. The van der Waals surface area contributed by atoms with Gasteiger partial charge in [0, 0.05) is 6.42 Å². The average Bonchev–Trinajstić information content (AvgIpc) is 2.69. The minimum Gasteiger partial charge on any atom is -0.459 e. The monoisotopic (exact) mass is 212 g/mol. The molecule has 3 heteroatoms. The van der Waals surface area contributed by atoms with Crippen molar-refractivity contribution >= 4 is 5.97 Å². The van der Waals surface area contributed by atoms with E-state index in [1.807, 2.05) is 0 Å². The second-order valence-corrected chi connectivity index (χ2v) is 4.61. The Morgan fingerprint density at radius 1 is 1.27 bits per heavy atom. The second kappa shape index (κ2) is 4.97. The second-order valence-electron chi connectivity index (χ2n) is 4.61. The smallest absolute Gasteiger partial charge is 0.308 e. The standard InChI is InChI=1S/C12H20O3/c1-2-3-4-5-6-9-7-10-11(14-9)8-12(13)15-10/h9-11H,2-8H2,1H3/t9-,10+,11+/m1/s1. The van der Waals surface area contributed by atoms with Crippen molar-refractivity contribution in [3.63, 3.8) is 0 Å². The third-order valence-electron chi connectivity index (χ3n) is 3.31. The molecule has 2 rings (SSSR count). The zero-order valence-electron chi connectivity index (χ0n) is 9.41. The van der Waals surface area contributed by atoms with Crippen molar-refractivity contribution < 1.29 is 14.3 Å². The van der Waals surface area contributed by atoms with Gasteiger partial charge in [-0.15, -0.1) is 0 Å². The van der Waals surface area contributed by atoms with Crippen LogP contribution < -0.4 is 0 Å². The lowest BCUT2D eigenvalue weighted by atomic mass is 10.1. The molecule has 0 bridgehead atoms. The maximum absolute atomic E-state index is 11.0. The Balaban J connectivity index is 1.64. The Morgan fingerprint density at radius 2 is 2.13 bits per heavy atom. The molecule has 2 saturated heterocycles. The van der Waals surface area contributed by atoms with Crippen LogP contribution in [0.25, 0.3) is 0 Å². The molecule has 0 amide bonds. The van der Waals surface area contributed by atoms with Crippen molar-refractivity contribution in [2.75, 3.05) is 0 Å². The van der Waals surface area contributed by atoms with E-state index in [1.165, 1.54) is 25.7 Å². The highest BCUT2D eigenvalue weighted by molar-refractivity contribution is 5.72. The molecule has 15 heavy (non-hydrogen) atoms. The lowest BCUT2D eigenvalue weighted by Crippen LogP contribution is -2.13. The predicted octanol–water partition coefficient (Wildman–Crippen LogP) is 2.43. The zero-order chi connectivity index (χ0) is 10.7. The summed E-state index contributed by atoms with van der Waals surface area (Å²) in [5.74, 6) is -0.0885. The summed E-state index contributed by atoms with van der Waals surface area (Å²) < 4.78 is 11.0. The van der Waals surface area contributed by atoms with Crippen LogP contribution in [0.1, 0.15) is 51.9 Å². The van der Waals surface area contributed by atoms with E-state index in [2.05, 4.69) is 6.92 Å². The molecule has 0 aromatic rings. The Labute approximate surface area is 91.1 Å². The van der Waals surface area contributed by atoms with Crippen molar-refractivity contribution in [2.45, 2.75) is 70.2 Å². The van der Waals surface area contributed by atoms with E-state index in [4.69, 9.17) is 9.47 Å². The van der Waals surface area contributed by atoms with Gasteiger partial charge in [-0.2, -0.15) is 0 Å². The molecular formula is C12H20O3. The van der Waals surface area contributed by atoms with Crippen molar-refractivity contribution in [1.29, 1.82) is 0 Å². The molecule has 0 aromatic carbocycles. The van der Waals surface area contributed by atoms with Crippen LogP contribution in [0.3, 0.4) is 0 Å². The van der Waals surface area contributed by atoms with E-state index in [0.29, 0.717) is 12.5 Å². The van der Waals surface area contributed by atoms with Gasteiger partial charge >= 0.3 is 5.97 Å². The van der Waals surface area contributed by atoms with Crippen molar-refractivity contribution in [1.82, 2.24) is 0 Å². The number of unbranched alkanes of at least 4 members (excludes halogenated alkanes) is 3. The van der Waals surface area contributed by atoms with Gasteiger partial charge in [-0.05, 0) is 6.42 Å². The summed E-state index contributed by atoms with van der Waals surface area (Å²) >= 11 is 0. The molecule has 0 spiro atoms. The Hall–Kier alpha value is -0.570. The van der Waals surface area contributed by atoms with Crippen LogP contribution in [0.4, 0.5) is 0 Å². The fraction of sp³-hybridized carbons (Fsp3) is 0.917. The van der Waals surface area contributed by atoms with Gasteiger partial charge in [0.2, 0.25) is 0 Å². The van der Waals surface area contributed by atoms with E-state index in [0.717, 1.165) is 12.8 Å². The van der Waals surface area contributed by atoms with Crippen LogP contribution in [-0.4, -0.2) is 24.3 Å². The summed E-state index contributed by atoms with van der Waals surface area (Å²) in [5, 5.41) is 0. The molecule has 0 unspecified atom stereocenters. The minimum atomic E-state index is -0.0885. The van der Waals surface area contributed by atoms with Crippen LogP contribution in [0.15, 0.2) is 0 Å². The summed E-state index contributed by atoms with van der Waals surface area (Å²) in [6.07, 6.45) is 8.11. The Morgan fingerprint density at radius 3 is 2.87 bits per heavy atom. The third-order valence-corrected chi connectivity index (χ3v) is 3.31. The SMILES string of the molecule is CCCCCC[C@@H]1C[C@@H]2OC(=O)C[C@@H]2O1. The maximum Gasteiger partial charge on any atom is 0.308 e. The lowest BCUT2D eigenvalue weighted by molar-refractivity contribution is -0.141. The van der Waals surface area contributed by atoms with Crippen LogP contribution in [-0.2, 0) is 14.3 Å². The first-order chi connectivity index (χ1) is 7.29. The van der Waals surface area contributed by atoms with Crippen molar-refractivity contribution in [2.24, 2.45) is 0 Å². The van der Waals surface area contributed by atoms with Crippen molar-refractivity contribution in [3.05, 3.63) is 0 Å². The number of fused-ring (bicyclic) bond motifs is 1. The third kappa shape index (κ3) is 2.71. The Kier molecular flexibility index (Phi) is 3.62. The molecule has 3 atom stereocenters. The largest absolute Gasteiger partial charge is 0.459 e. The zero-order valence-corrected chi connectivity index (χ0v) is 9.41. The molecule has 0 aromatic heterocycles. The van der Waals surface area contributed by atoms with Gasteiger partial charge in [-0.25, -0.2) is 0 Å². The normalized spacial score (nSPS) is 34.2. The highest BCUT2D eigenvalue weighted by Crippen LogP contribution is 2.33. The van der Waals surface area contributed by atoms with Gasteiger partial charge in [0.05, 0.1) is 12.5 Å². The van der Waals surface area contributed by atoms with Gasteiger partial charge in [0.1, 0.15) is 12.2 Å². The quantitative estimate of drug-likeness (QED) is 0.518. The molecule has 0 radical (unpaired) electrons. The van der Waals surface area contributed by atoms with Gasteiger partial charge < -0.3 is 9.47 Å². The first-order valence-corrected chi connectivity index (χ1v) is 6.14. The number of hydrogen-bond acceptors (Lipinski definition) is 3. The molecule has 2 heterocycles. The molecular weight excluding hydrogens is 192 g/mol. The minimum absolute atomic E-state index is 0.0636. The average molecular weight is 212 g/mol. The molecule has 2 aliphatic rings. The van der Waals surface area contributed by atoms with E-state index >= 15 is 0 Å². The highest BCUT2D eigenvalue weighted by Gasteiger charge is 2.43. The predicted molar refractivity (Wildman–Crippen MR) is 56.5 cm³/mol. The molecule has 86 valence electrons. The molecule has 0 aliphatic carbocycles. The lowest BCUT2D eigenvalue weighted by Gasteiger charge is -2.10. The summed E-state index contributed by atoms with van der Waals surface area (Å²) in [6, 6.07) is 0. The molecule has 2 aliphatic heterocycles. The first kappa shape index (κ1) is 10.9. The van der Waals surface area contributed by atoms with E-state index in [-0.39, 0.29) is 18.2 Å². The summed E-state index contributed by atoms with van der Waals surface area (Å²) in [6.45, 7) is 2.22. The number of esters is 1. The van der Waals surface area contributed by atoms with Crippen molar-refractivity contribution in [3.8, 4) is 0 Å². The topological polar surface area (TPSA) is 35.5 Å². The number of carbonyl (C=O) groups excluding carboxylic acids is 1. The van der Waals surface area contributed by atoms with Crippen LogP contribution in [0.5, 0.6) is 0 Å². The van der Waals surface area contributed by atoms with E-state index in [9.17, 15) is 4.79 Å². The Bertz CT molecular complexity index is 211. The van der Waals surface area contributed by atoms with Gasteiger partial charge in [-0.3, -0.25) is 4.79 Å². The fourth-order valence-electron chi connectivity index (χ4n) is 2.47. The summed E-state index contributed by atoms with van der Waals surface area (Å²) in [4.78, 5) is 11.0. The van der Waals surface area contributed by atoms with E-state index in [1.54, 1.807) is 0 Å². The molecule has 0 saturated carbocycles. The number of rotatable bonds is 5. The number of carbonyl (C=O) groups is 1. The van der Waals surface area contributed by atoms with Gasteiger partial charge in [-0.1, -0.05) is 32.6 Å². The van der Waals surface area contributed by atoms with Gasteiger partial charge in [0.15, 0.2) is 0 Å². The fourth-order valence-corrected chi connectivity index (χ4v) is 2.47. The molecule has 0 N–H and O–H groups in total. The van der Waals surface area contributed by atoms with E-state index < -0.39 is 0 Å².